The lowest BCUT2D eigenvalue weighted by molar-refractivity contribution is 0.0958. The summed E-state index contributed by atoms with van der Waals surface area (Å²) in [7, 11) is 1.73. The maximum atomic E-state index is 12.7. The molecule has 0 bridgehead atoms. The van der Waals surface area contributed by atoms with Crippen molar-refractivity contribution in [3.8, 4) is 0 Å². The number of thiophene rings is 1. The SMILES string of the molecule is Cn1c(=O)c2cc(C(=O)NCCC3=CCCCC3)sc2c2ccc(Cl)cc21. The molecule has 4 rings (SSSR count). The minimum Gasteiger partial charge on any atom is -0.351 e. The van der Waals surface area contributed by atoms with Crippen molar-refractivity contribution in [1.29, 1.82) is 0 Å². The summed E-state index contributed by atoms with van der Waals surface area (Å²) in [5.74, 6) is -0.114. The molecule has 1 aliphatic carbocycles. The van der Waals surface area contributed by atoms with E-state index in [1.807, 2.05) is 12.1 Å². The number of carbonyl (C=O) groups is 1. The molecule has 1 aliphatic rings. The number of allylic oxidation sites excluding steroid dienone is 1. The summed E-state index contributed by atoms with van der Waals surface area (Å²) < 4.78 is 2.43. The molecule has 0 radical (unpaired) electrons. The van der Waals surface area contributed by atoms with Crippen LogP contribution in [0.4, 0.5) is 0 Å². The van der Waals surface area contributed by atoms with Crippen LogP contribution in [0, 0.1) is 0 Å². The number of hydrogen-bond acceptors (Lipinski definition) is 3. The van der Waals surface area contributed by atoms with Crippen LogP contribution in [-0.2, 0) is 7.05 Å². The van der Waals surface area contributed by atoms with Gasteiger partial charge in [-0.15, -0.1) is 11.3 Å². The third-order valence-corrected chi connectivity index (χ3v) is 6.58. The van der Waals surface area contributed by atoms with Crippen LogP contribution < -0.4 is 10.9 Å². The van der Waals surface area contributed by atoms with Crippen molar-refractivity contribution in [2.45, 2.75) is 32.1 Å². The van der Waals surface area contributed by atoms with Gasteiger partial charge in [-0.3, -0.25) is 9.59 Å². The Balaban J connectivity index is 1.62. The smallest absolute Gasteiger partial charge is 0.261 e. The number of pyridine rings is 1. The summed E-state index contributed by atoms with van der Waals surface area (Å²) in [6, 6.07) is 7.22. The molecule has 0 unspecified atom stereocenters. The Kier molecular flexibility index (Phi) is 5.06. The van der Waals surface area contributed by atoms with Crippen LogP contribution in [0.2, 0.25) is 5.02 Å². The summed E-state index contributed by atoms with van der Waals surface area (Å²) in [4.78, 5) is 25.9. The molecule has 4 nitrogen and oxygen atoms in total. The van der Waals surface area contributed by atoms with Crippen LogP contribution in [0.1, 0.15) is 41.8 Å². The molecule has 1 aromatic carbocycles. The largest absolute Gasteiger partial charge is 0.351 e. The number of fused-ring (bicyclic) bond motifs is 3. The predicted molar refractivity (Wildman–Crippen MR) is 113 cm³/mol. The van der Waals surface area contributed by atoms with E-state index >= 15 is 0 Å². The van der Waals surface area contributed by atoms with Crippen molar-refractivity contribution in [2.24, 2.45) is 7.05 Å². The number of aromatic nitrogens is 1. The Hall–Kier alpha value is -2.11. The van der Waals surface area contributed by atoms with E-state index in [1.165, 1.54) is 29.8 Å². The van der Waals surface area contributed by atoms with Crippen molar-refractivity contribution in [2.75, 3.05) is 6.54 Å². The first-order chi connectivity index (χ1) is 13.0. The zero-order valence-corrected chi connectivity index (χ0v) is 16.8. The maximum absolute atomic E-state index is 12.7. The molecule has 0 saturated heterocycles. The molecule has 0 aliphatic heterocycles. The topological polar surface area (TPSA) is 51.1 Å². The van der Waals surface area contributed by atoms with E-state index < -0.39 is 0 Å². The van der Waals surface area contributed by atoms with Crippen LogP contribution >= 0.6 is 22.9 Å². The number of aryl methyl sites for hydroxylation is 1. The van der Waals surface area contributed by atoms with Crippen molar-refractivity contribution < 1.29 is 4.79 Å². The summed E-state index contributed by atoms with van der Waals surface area (Å²) in [6.07, 6.45) is 8.02. The second-order valence-electron chi connectivity index (χ2n) is 6.99. The van der Waals surface area contributed by atoms with Crippen LogP contribution in [0.25, 0.3) is 21.0 Å². The van der Waals surface area contributed by atoms with Gasteiger partial charge in [0.25, 0.3) is 11.5 Å². The predicted octanol–water partition coefficient (Wildman–Crippen LogP) is 5.03. The van der Waals surface area contributed by atoms with Gasteiger partial charge in [-0.2, -0.15) is 0 Å². The van der Waals surface area contributed by atoms with Gasteiger partial charge in [0.05, 0.1) is 15.8 Å². The molecule has 0 saturated carbocycles. The molecular formula is C21H21ClN2O2S. The van der Waals surface area contributed by atoms with Gasteiger partial charge in [0, 0.05) is 28.7 Å². The molecule has 0 spiro atoms. The first-order valence-electron chi connectivity index (χ1n) is 9.22. The molecule has 0 atom stereocenters. The van der Waals surface area contributed by atoms with Crippen molar-refractivity contribution >= 4 is 49.8 Å². The zero-order chi connectivity index (χ0) is 19.0. The molecule has 0 fully saturated rings. The lowest BCUT2D eigenvalue weighted by Crippen LogP contribution is -2.24. The number of hydrogen-bond donors (Lipinski definition) is 1. The van der Waals surface area contributed by atoms with Crippen LogP contribution in [0.3, 0.4) is 0 Å². The minimum atomic E-state index is -0.114. The highest BCUT2D eigenvalue weighted by Crippen LogP contribution is 2.31. The van der Waals surface area contributed by atoms with Gasteiger partial charge in [-0.05, 0) is 56.4 Å². The molecule has 6 heteroatoms. The Bertz CT molecular complexity index is 1130. The second kappa shape index (κ2) is 7.49. The van der Waals surface area contributed by atoms with Gasteiger partial charge < -0.3 is 9.88 Å². The molecule has 1 amide bonds. The molecule has 1 N–H and O–H groups in total. The first-order valence-corrected chi connectivity index (χ1v) is 10.4. The lowest BCUT2D eigenvalue weighted by atomic mass is 9.97. The monoisotopic (exact) mass is 400 g/mol. The average Bonchev–Trinajstić information content (AvgIpc) is 3.12. The summed E-state index contributed by atoms with van der Waals surface area (Å²) in [6.45, 7) is 0.632. The number of halogens is 1. The highest BCUT2D eigenvalue weighted by atomic mass is 35.5. The molecule has 3 aromatic rings. The van der Waals surface area contributed by atoms with E-state index in [-0.39, 0.29) is 11.5 Å². The number of carbonyl (C=O) groups excluding carboxylic acids is 1. The van der Waals surface area contributed by atoms with Crippen molar-refractivity contribution in [3.05, 3.63) is 56.2 Å². The van der Waals surface area contributed by atoms with Crippen LogP contribution in [-0.4, -0.2) is 17.0 Å². The molecule has 2 heterocycles. The van der Waals surface area contributed by atoms with Crippen molar-refractivity contribution in [3.63, 3.8) is 0 Å². The summed E-state index contributed by atoms with van der Waals surface area (Å²) in [5.41, 5.74) is 2.11. The van der Waals surface area contributed by atoms with Crippen LogP contribution in [0.5, 0.6) is 0 Å². The average molecular weight is 401 g/mol. The van der Waals surface area contributed by atoms with Crippen molar-refractivity contribution in [1.82, 2.24) is 9.88 Å². The number of rotatable bonds is 4. The van der Waals surface area contributed by atoms with Gasteiger partial charge >= 0.3 is 0 Å². The van der Waals surface area contributed by atoms with E-state index in [0.29, 0.717) is 21.8 Å². The van der Waals surface area contributed by atoms with E-state index in [4.69, 9.17) is 11.6 Å². The fourth-order valence-corrected chi connectivity index (χ4v) is 4.95. The van der Waals surface area contributed by atoms with Gasteiger partial charge in [-0.25, -0.2) is 0 Å². The van der Waals surface area contributed by atoms with Gasteiger partial charge in [-0.1, -0.05) is 23.3 Å². The molecule has 2 aromatic heterocycles. The van der Waals surface area contributed by atoms with Crippen LogP contribution in [0.15, 0.2) is 40.7 Å². The minimum absolute atomic E-state index is 0.109. The first kappa shape index (κ1) is 18.3. The zero-order valence-electron chi connectivity index (χ0n) is 15.2. The highest BCUT2D eigenvalue weighted by molar-refractivity contribution is 7.21. The Morgan fingerprint density at radius 2 is 2.11 bits per heavy atom. The number of nitrogens with one attached hydrogen (secondary N) is 1. The second-order valence-corrected chi connectivity index (χ2v) is 8.48. The van der Waals surface area contributed by atoms with Gasteiger partial charge in [0.1, 0.15) is 0 Å². The standard InChI is InChI=1S/C21H21ClN2O2S/c1-24-17-11-14(22)7-8-15(17)19-16(21(24)26)12-18(27-19)20(25)23-10-9-13-5-3-2-4-6-13/h5,7-8,11-12H,2-4,6,9-10H2,1H3,(H,23,25). The third-order valence-electron chi connectivity index (χ3n) is 5.17. The van der Waals surface area contributed by atoms with E-state index in [1.54, 1.807) is 23.7 Å². The summed E-state index contributed by atoms with van der Waals surface area (Å²) >= 11 is 7.46. The number of benzene rings is 1. The lowest BCUT2D eigenvalue weighted by Gasteiger charge is -2.12. The third kappa shape index (κ3) is 3.54. The fraction of sp³-hybridized carbons (Fsp3) is 0.333. The van der Waals surface area contributed by atoms with E-state index in [2.05, 4.69) is 11.4 Å². The van der Waals surface area contributed by atoms with Gasteiger partial charge in [0.15, 0.2) is 0 Å². The quantitative estimate of drug-likeness (QED) is 0.624. The normalized spacial score (nSPS) is 14.5. The maximum Gasteiger partial charge on any atom is 0.261 e. The Labute approximate surface area is 166 Å². The number of amides is 1. The highest BCUT2D eigenvalue weighted by Gasteiger charge is 2.16. The van der Waals surface area contributed by atoms with E-state index in [0.717, 1.165) is 34.9 Å². The molecular weight excluding hydrogens is 380 g/mol. The van der Waals surface area contributed by atoms with E-state index in [9.17, 15) is 9.59 Å². The molecule has 27 heavy (non-hydrogen) atoms. The summed E-state index contributed by atoms with van der Waals surface area (Å²) in [5, 5.41) is 5.10. The molecule has 140 valence electrons. The number of nitrogens with zero attached hydrogens (tertiary/aromatic N) is 1. The Morgan fingerprint density at radius 1 is 1.26 bits per heavy atom. The van der Waals surface area contributed by atoms with Gasteiger partial charge in [0.2, 0.25) is 0 Å². The fourth-order valence-electron chi connectivity index (χ4n) is 3.68. The Morgan fingerprint density at radius 3 is 2.89 bits per heavy atom.